The van der Waals surface area contributed by atoms with E-state index in [1.165, 1.54) is 19.3 Å². The summed E-state index contributed by atoms with van der Waals surface area (Å²) in [4.78, 5) is 0. The fraction of sp³-hybridized carbons (Fsp3) is 0.467. The average molecular weight is 293 g/mol. The fourth-order valence-electron chi connectivity index (χ4n) is 2.28. The van der Waals surface area contributed by atoms with Crippen molar-refractivity contribution in [2.45, 2.75) is 45.7 Å². The standard InChI is InChI=1S/C15H21ClN4/c1-2-3-4-5-9-20-15(14(11-17)18-19-20)12-7-6-8-13(16)10-12/h6-8,10H,2-5,9,11,17H2,1H3. The molecule has 0 spiro atoms. The van der Waals surface area contributed by atoms with E-state index in [1.807, 2.05) is 28.9 Å². The smallest absolute Gasteiger partial charge is 0.104 e. The van der Waals surface area contributed by atoms with Crippen LogP contribution in [0, 0.1) is 0 Å². The summed E-state index contributed by atoms with van der Waals surface area (Å²) in [5.74, 6) is 0. The number of rotatable bonds is 7. The highest BCUT2D eigenvalue weighted by Crippen LogP contribution is 2.25. The third-order valence-corrected chi connectivity index (χ3v) is 3.55. The van der Waals surface area contributed by atoms with Crippen LogP contribution in [0.2, 0.25) is 5.02 Å². The molecule has 1 heterocycles. The van der Waals surface area contributed by atoms with Gasteiger partial charge in [0.25, 0.3) is 0 Å². The molecule has 0 radical (unpaired) electrons. The van der Waals surface area contributed by atoms with Crippen LogP contribution >= 0.6 is 11.6 Å². The van der Waals surface area contributed by atoms with Gasteiger partial charge in [-0.2, -0.15) is 0 Å². The molecule has 0 fully saturated rings. The molecule has 0 unspecified atom stereocenters. The van der Waals surface area contributed by atoms with Gasteiger partial charge < -0.3 is 5.73 Å². The van der Waals surface area contributed by atoms with Crippen LogP contribution in [-0.2, 0) is 13.1 Å². The second-order valence-electron chi connectivity index (χ2n) is 4.88. The van der Waals surface area contributed by atoms with Crippen molar-refractivity contribution in [3.8, 4) is 11.3 Å². The third-order valence-electron chi connectivity index (χ3n) is 3.32. The lowest BCUT2D eigenvalue weighted by atomic mass is 10.1. The molecule has 0 saturated carbocycles. The van der Waals surface area contributed by atoms with Crippen LogP contribution in [-0.4, -0.2) is 15.0 Å². The minimum Gasteiger partial charge on any atom is -0.325 e. The Labute approximate surface area is 124 Å². The molecule has 1 aromatic carbocycles. The van der Waals surface area contributed by atoms with Crippen LogP contribution in [0.1, 0.15) is 38.3 Å². The third kappa shape index (κ3) is 3.58. The molecule has 108 valence electrons. The van der Waals surface area contributed by atoms with Crippen LogP contribution in [0.5, 0.6) is 0 Å². The van der Waals surface area contributed by atoms with E-state index in [0.717, 1.165) is 29.9 Å². The monoisotopic (exact) mass is 292 g/mol. The van der Waals surface area contributed by atoms with Gasteiger partial charge in [0.15, 0.2) is 0 Å². The molecule has 2 aromatic rings. The van der Waals surface area contributed by atoms with Gasteiger partial charge in [0, 0.05) is 23.7 Å². The average Bonchev–Trinajstić information content (AvgIpc) is 2.86. The van der Waals surface area contributed by atoms with E-state index in [2.05, 4.69) is 17.2 Å². The first-order chi connectivity index (χ1) is 9.76. The Morgan fingerprint density at radius 2 is 2.10 bits per heavy atom. The first-order valence-electron chi connectivity index (χ1n) is 7.14. The van der Waals surface area contributed by atoms with Crippen LogP contribution in [0.15, 0.2) is 24.3 Å². The van der Waals surface area contributed by atoms with E-state index in [4.69, 9.17) is 17.3 Å². The summed E-state index contributed by atoms with van der Waals surface area (Å²) < 4.78 is 1.95. The fourth-order valence-corrected chi connectivity index (χ4v) is 2.47. The highest BCUT2D eigenvalue weighted by molar-refractivity contribution is 6.30. The predicted molar refractivity (Wildman–Crippen MR) is 82.5 cm³/mol. The van der Waals surface area contributed by atoms with Crippen molar-refractivity contribution in [2.75, 3.05) is 0 Å². The molecule has 0 atom stereocenters. The molecule has 1 aromatic heterocycles. The molecule has 5 heteroatoms. The van der Waals surface area contributed by atoms with Crippen LogP contribution in [0.25, 0.3) is 11.3 Å². The number of nitrogens with zero attached hydrogens (tertiary/aromatic N) is 3. The quantitative estimate of drug-likeness (QED) is 0.793. The highest BCUT2D eigenvalue weighted by atomic mass is 35.5. The van der Waals surface area contributed by atoms with Crippen molar-refractivity contribution in [1.82, 2.24) is 15.0 Å². The zero-order valence-electron chi connectivity index (χ0n) is 11.8. The molecule has 20 heavy (non-hydrogen) atoms. The predicted octanol–water partition coefficient (Wildman–Crippen LogP) is 3.64. The normalized spacial score (nSPS) is 10.9. The number of nitrogens with two attached hydrogens (primary N) is 1. The minimum absolute atomic E-state index is 0.386. The number of aryl methyl sites for hydroxylation is 1. The van der Waals surface area contributed by atoms with Crippen molar-refractivity contribution >= 4 is 11.6 Å². The van der Waals surface area contributed by atoms with Gasteiger partial charge in [-0.15, -0.1) is 5.10 Å². The summed E-state index contributed by atoms with van der Waals surface area (Å²) in [5.41, 5.74) is 8.61. The summed E-state index contributed by atoms with van der Waals surface area (Å²) >= 11 is 6.07. The zero-order valence-corrected chi connectivity index (χ0v) is 12.6. The molecule has 4 nitrogen and oxygen atoms in total. The van der Waals surface area contributed by atoms with E-state index in [9.17, 15) is 0 Å². The van der Waals surface area contributed by atoms with Crippen molar-refractivity contribution in [1.29, 1.82) is 0 Å². The van der Waals surface area contributed by atoms with E-state index < -0.39 is 0 Å². The van der Waals surface area contributed by atoms with Gasteiger partial charge in [-0.25, -0.2) is 4.68 Å². The van der Waals surface area contributed by atoms with Gasteiger partial charge in [-0.3, -0.25) is 0 Å². The molecule has 0 bridgehead atoms. The van der Waals surface area contributed by atoms with Gasteiger partial charge >= 0.3 is 0 Å². The summed E-state index contributed by atoms with van der Waals surface area (Å²) in [5, 5.41) is 9.13. The maximum absolute atomic E-state index is 6.07. The van der Waals surface area contributed by atoms with E-state index in [1.54, 1.807) is 0 Å². The van der Waals surface area contributed by atoms with Crippen molar-refractivity contribution < 1.29 is 0 Å². The first-order valence-corrected chi connectivity index (χ1v) is 7.52. The lowest BCUT2D eigenvalue weighted by Crippen LogP contribution is -2.05. The van der Waals surface area contributed by atoms with E-state index in [0.29, 0.717) is 11.6 Å². The molecule has 0 amide bonds. The summed E-state index contributed by atoms with van der Waals surface area (Å²) in [7, 11) is 0. The molecule has 0 aliphatic heterocycles. The van der Waals surface area contributed by atoms with Gasteiger partial charge in [-0.05, 0) is 18.6 Å². The van der Waals surface area contributed by atoms with Gasteiger partial charge in [0.05, 0.1) is 5.69 Å². The molecule has 0 aliphatic rings. The topological polar surface area (TPSA) is 56.7 Å². The Morgan fingerprint density at radius 3 is 2.80 bits per heavy atom. The second kappa shape index (κ2) is 7.41. The maximum Gasteiger partial charge on any atom is 0.104 e. The second-order valence-corrected chi connectivity index (χ2v) is 5.32. The Hall–Kier alpha value is -1.39. The van der Waals surface area contributed by atoms with E-state index in [-0.39, 0.29) is 0 Å². The minimum atomic E-state index is 0.386. The molecular formula is C15H21ClN4. The zero-order chi connectivity index (χ0) is 14.4. The summed E-state index contributed by atoms with van der Waals surface area (Å²) in [6, 6.07) is 7.75. The number of aromatic nitrogens is 3. The van der Waals surface area contributed by atoms with Gasteiger partial charge in [-0.1, -0.05) is 55.1 Å². The molecule has 2 rings (SSSR count). The Kier molecular flexibility index (Phi) is 5.56. The number of hydrogen-bond acceptors (Lipinski definition) is 3. The van der Waals surface area contributed by atoms with Crippen LogP contribution in [0.4, 0.5) is 0 Å². The lowest BCUT2D eigenvalue weighted by Gasteiger charge is -2.08. The van der Waals surface area contributed by atoms with Gasteiger partial charge in [0.1, 0.15) is 5.69 Å². The SMILES string of the molecule is CCCCCCn1nnc(CN)c1-c1cccc(Cl)c1. The Balaban J connectivity index is 2.23. The largest absolute Gasteiger partial charge is 0.325 e. The molecular weight excluding hydrogens is 272 g/mol. The summed E-state index contributed by atoms with van der Waals surface area (Å²) in [6.45, 7) is 3.46. The molecule has 2 N–H and O–H groups in total. The van der Waals surface area contributed by atoms with Gasteiger partial charge in [0.2, 0.25) is 0 Å². The summed E-state index contributed by atoms with van der Waals surface area (Å²) in [6.07, 6.45) is 4.80. The number of hydrogen-bond donors (Lipinski definition) is 1. The van der Waals surface area contributed by atoms with E-state index >= 15 is 0 Å². The number of unbranched alkanes of at least 4 members (excludes halogenated alkanes) is 3. The first kappa shape index (κ1) is 15.0. The molecule has 0 saturated heterocycles. The van der Waals surface area contributed by atoms with Crippen molar-refractivity contribution in [3.63, 3.8) is 0 Å². The maximum atomic E-state index is 6.07. The number of halogens is 1. The van der Waals surface area contributed by atoms with Crippen molar-refractivity contribution in [3.05, 3.63) is 35.0 Å². The van der Waals surface area contributed by atoms with Crippen LogP contribution < -0.4 is 5.73 Å². The Morgan fingerprint density at radius 1 is 1.25 bits per heavy atom. The highest BCUT2D eigenvalue weighted by Gasteiger charge is 2.13. The van der Waals surface area contributed by atoms with Crippen molar-refractivity contribution in [2.24, 2.45) is 5.73 Å². The molecule has 0 aliphatic carbocycles. The van der Waals surface area contributed by atoms with Crippen LogP contribution in [0.3, 0.4) is 0 Å². The Bertz CT molecular complexity index is 551. The number of benzene rings is 1. The lowest BCUT2D eigenvalue weighted by molar-refractivity contribution is 0.531.